The molecule has 4 heterocycles. The number of rotatable bonds is 4. The highest BCUT2D eigenvalue weighted by Gasteiger charge is 2.29. The first-order chi connectivity index (χ1) is 25.3. The maximum absolute atomic E-state index is 5.16. The Labute approximate surface area is 294 Å². The van der Waals surface area contributed by atoms with Gasteiger partial charge in [0.2, 0.25) is 5.95 Å². The number of fused-ring (bicyclic) bond motifs is 8. The Morgan fingerprint density at radius 1 is 0.373 bits per heavy atom. The maximum atomic E-state index is 5.16. The third-order valence-corrected chi connectivity index (χ3v) is 10.1. The van der Waals surface area contributed by atoms with Crippen LogP contribution in [-0.4, -0.2) is 24.1 Å². The summed E-state index contributed by atoms with van der Waals surface area (Å²) in [7, 11) is 0. The number of hydrogen-bond donors (Lipinski definition) is 0. The average molecular weight is 656 g/mol. The molecule has 3 aromatic heterocycles. The van der Waals surface area contributed by atoms with E-state index in [1.54, 1.807) is 0 Å². The molecule has 0 atom stereocenters. The summed E-state index contributed by atoms with van der Waals surface area (Å²) in [6, 6.07) is 59.6. The molecule has 0 fully saturated rings. The lowest BCUT2D eigenvalue weighted by atomic mass is 10.1. The smallest absolute Gasteiger partial charge is 0.238 e. The van der Waals surface area contributed by atoms with E-state index in [0.29, 0.717) is 17.6 Å². The molecule has 0 N–H and O–H groups in total. The topological polar surface area (TPSA) is 51.8 Å². The van der Waals surface area contributed by atoms with Crippen LogP contribution in [0, 0.1) is 0 Å². The van der Waals surface area contributed by atoms with E-state index in [1.165, 1.54) is 21.8 Å². The molecular formula is C45H30N6. The molecule has 0 bridgehead atoms. The van der Waals surface area contributed by atoms with Crippen molar-refractivity contribution in [1.29, 1.82) is 0 Å². The average Bonchev–Trinajstić information content (AvgIpc) is 3.71. The maximum Gasteiger partial charge on any atom is 0.238 e. The summed E-state index contributed by atoms with van der Waals surface area (Å²) >= 11 is 0. The lowest BCUT2D eigenvalue weighted by Crippen LogP contribution is -2.17. The van der Waals surface area contributed by atoms with Crippen molar-refractivity contribution in [3.05, 3.63) is 170 Å². The van der Waals surface area contributed by atoms with Crippen molar-refractivity contribution in [2.45, 2.75) is 0 Å². The number of anilines is 3. The van der Waals surface area contributed by atoms with E-state index in [9.17, 15) is 0 Å². The van der Waals surface area contributed by atoms with Crippen LogP contribution < -0.4 is 4.90 Å². The summed E-state index contributed by atoms with van der Waals surface area (Å²) in [5.41, 5.74) is 10.9. The first-order valence-electron chi connectivity index (χ1n) is 17.1. The summed E-state index contributed by atoms with van der Waals surface area (Å²) in [6.07, 6.45) is 0. The van der Waals surface area contributed by atoms with Crippen LogP contribution in [0.4, 0.5) is 17.1 Å². The molecule has 10 aromatic rings. The van der Waals surface area contributed by atoms with E-state index in [4.69, 9.17) is 15.0 Å². The molecular weight excluding hydrogens is 625 g/mol. The molecule has 0 aliphatic carbocycles. The van der Waals surface area contributed by atoms with Gasteiger partial charge < -0.3 is 9.47 Å². The van der Waals surface area contributed by atoms with Gasteiger partial charge in [-0.2, -0.15) is 9.97 Å². The first-order valence-corrected chi connectivity index (χ1v) is 17.1. The van der Waals surface area contributed by atoms with Crippen molar-refractivity contribution in [1.82, 2.24) is 24.1 Å². The fourth-order valence-electron chi connectivity index (χ4n) is 7.88. The summed E-state index contributed by atoms with van der Waals surface area (Å²) in [5.74, 6) is 1.86. The highest BCUT2D eigenvalue weighted by atomic mass is 15.2. The van der Waals surface area contributed by atoms with Gasteiger partial charge in [-0.25, -0.2) is 4.98 Å². The standard InChI is InChI=1S/C45H28N6.H2/c1-4-15-29(16-5-1)43-46-44(30-17-6-2-7-18-30)48-45(47-43)51-36-23-11-10-21-32(36)34-27-40-35(28-41(34)51)33-22-14-26-39-42(33)50(40)38-25-13-12-24-37(38)49(39)31-19-8-3-9-20-31;/h1-28H;1H/i;1+1. The molecule has 0 unspecified atom stereocenters. The molecule has 1 aliphatic heterocycles. The number of hydrogen-bond acceptors (Lipinski definition) is 4. The van der Waals surface area contributed by atoms with Gasteiger partial charge >= 0.3 is 0 Å². The van der Waals surface area contributed by atoms with Gasteiger partial charge in [0.15, 0.2) is 11.6 Å². The Morgan fingerprint density at radius 3 is 1.61 bits per heavy atom. The van der Waals surface area contributed by atoms with Gasteiger partial charge in [0.05, 0.1) is 39.1 Å². The van der Waals surface area contributed by atoms with Crippen LogP contribution in [0.1, 0.15) is 1.43 Å². The molecule has 1 aliphatic rings. The minimum atomic E-state index is 0. The Balaban J connectivity index is 0.00000338. The Morgan fingerprint density at radius 2 is 0.902 bits per heavy atom. The van der Waals surface area contributed by atoms with Gasteiger partial charge in [0.25, 0.3) is 0 Å². The van der Waals surface area contributed by atoms with Crippen LogP contribution in [0.3, 0.4) is 0 Å². The largest absolute Gasteiger partial charge is 0.306 e. The molecule has 6 heteroatoms. The van der Waals surface area contributed by atoms with Crippen LogP contribution in [0.25, 0.3) is 78.0 Å². The lowest BCUT2D eigenvalue weighted by molar-refractivity contribution is 0.954. The molecule has 51 heavy (non-hydrogen) atoms. The van der Waals surface area contributed by atoms with E-state index in [-0.39, 0.29) is 1.43 Å². The Bertz CT molecular complexity index is 2910. The highest BCUT2D eigenvalue weighted by Crippen LogP contribution is 2.50. The van der Waals surface area contributed by atoms with E-state index < -0.39 is 0 Å². The van der Waals surface area contributed by atoms with Gasteiger partial charge in [-0.15, -0.1) is 0 Å². The molecule has 7 aromatic carbocycles. The summed E-state index contributed by atoms with van der Waals surface area (Å²) < 4.78 is 4.66. The summed E-state index contributed by atoms with van der Waals surface area (Å²) in [6.45, 7) is 0. The van der Waals surface area contributed by atoms with Crippen LogP contribution >= 0.6 is 0 Å². The SMILES string of the molecule is [2HH].c1ccc(-c2nc(-c3ccccc3)nc(-n3c4ccccc4c4cc5c(cc43)c3cccc4c3n5-c3ccccc3N4c3ccccc3)n2)cc1. The highest BCUT2D eigenvalue weighted by molar-refractivity contribution is 6.22. The fraction of sp³-hybridized carbons (Fsp3) is 0. The predicted octanol–water partition coefficient (Wildman–Crippen LogP) is 11.4. The molecule has 0 radical (unpaired) electrons. The van der Waals surface area contributed by atoms with Crippen LogP contribution in [0.5, 0.6) is 0 Å². The number of nitrogens with zero attached hydrogens (tertiary/aromatic N) is 6. The summed E-state index contributed by atoms with van der Waals surface area (Å²) in [4.78, 5) is 17.7. The normalized spacial score (nSPS) is 12.3. The van der Waals surface area contributed by atoms with Gasteiger partial charge in [0.1, 0.15) is 0 Å². The molecule has 0 spiro atoms. The van der Waals surface area contributed by atoms with E-state index in [1.807, 2.05) is 60.7 Å². The van der Waals surface area contributed by atoms with Crippen LogP contribution in [0.15, 0.2) is 170 Å². The van der Waals surface area contributed by atoms with Crippen molar-refractivity contribution in [3.63, 3.8) is 0 Å². The van der Waals surface area contributed by atoms with Crippen molar-refractivity contribution in [2.75, 3.05) is 4.90 Å². The zero-order chi connectivity index (χ0) is 33.5. The number of benzene rings is 7. The molecule has 6 nitrogen and oxygen atoms in total. The monoisotopic (exact) mass is 655 g/mol. The number of aromatic nitrogens is 5. The molecule has 11 rings (SSSR count). The second-order valence-corrected chi connectivity index (χ2v) is 12.9. The second kappa shape index (κ2) is 10.7. The summed E-state index contributed by atoms with van der Waals surface area (Å²) in [5, 5.41) is 4.66. The Kier molecular flexibility index (Phi) is 5.86. The van der Waals surface area contributed by atoms with Crippen molar-refractivity contribution in [3.8, 4) is 34.4 Å². The Hall–Kier alpha value is -7.05. The van der Waals surface area contributed by atoms with Crippen molar-refractivity contribution >= 4 is 60.7 Å². The van der Waals surface area contributed by atoms with Crippen molar-refractivity contribution in [2.24, 2.45) is 0 Å². The van der Waals surface area contributed by atoms with Gasteiger partial charge in [-0.05, 0) is 48.5 Å². The second-order valence-electron chi connectivity index (χ2n) is 12.9. The van der Waals surface area contributed by atoms with Gasteiger partial charge in [0, 0.05) is 39.8 Å². The molecule has 240 valence electrons. The first kappa shape index (κ1) is 27.9. The third kappa shape index (κ3) is 4.07. The van der Waals surface area contributed by atoms with Gasteiger partial charge in [-0.3, -0.25) is 4.57 Å². The zero-order valence-electron chi connectivity index (χ0n) is 27.3. The lowest BCUT2D eigenvalue weighted by Gasteiger charge is -2.33. The third-order valence-electron chi connectivity index (χ3n) is 10.1. The van der Waals surface area contributed by atoms with Gasteiger partial charge in [-0.1, -0.05) is 121 Å². The molecule has 0 saturated carbocycles. The zero-order valence-corrected chi connectivity index (χ0v) is 27.3. The fourth-order valence-corrected chi connectivity index (χ4v) is 7.88. The molecule has 0 saturated heterocycles. The van der Waals surface area contributed by atoms with E-state index in [2.05, 4.69) is 123 Å². The minimum absolute atomic E-state index is 0. The predicted molar refractivity (Wildman–Crippen MR) is 210 cm³/mol. The van der Waals surface area contributed by atoms with E-state index in [0.717, 1.165) is 55.7 Å². The van der Waals surface area contributed by atoms with Crippen molar-refractivity contribution < 1.29 is 1.43 Å². The number of para-hydroxylation sites is 5. The van der Waals surface area contributed by atoms with E-state index >= 15 is 0 Å². The quantitative estimate of drug-likeness (QED) is 0.189. The van der Waals surface area contributed by atoms with Crippen LogP contribution in [0.2, 0.25) is 0 Å². The molecule has 0 amide bonds. The minimum Gasteiger partial charge on any atom is -0.306 e. The van der Waals surface area contributed by atoms with Crippen LogP contribution in [-0.2, 0) is 0 Å².